The van der Waals surface area contributed by atoms with Crippen LogP contribution in [0.5, 0.6) is 5.75 Å². The van der Waals surface area contributed by atoms with Crippen molar-refractivity contribution in [3.05, 3.63) is 89.7 Å². The van der Waals surface area contributed by atoms with Gasteiger partial charge >= 0.3 is 0 Å². The molecule has 128 valence electrons. The molecule has 1 N–H and O–H groups in total. The Balaban J connectivity index is 1.74. The normalized spacial score (nSPS) is 12.0. The van der Waals surface area contributed by atoms with Gasteiger partial charge in [0.1, 0.15) is 11.6 Å². The molecule has 0 bridgehead atoms. The summed E-state index contributed by atoms with van der Waals surface area (Å²) in [5.41, 5.74) is 3.74. The molecule has 0 heterocycles. The maximum Gasteiger partial charge on any atom is 0.131 e. The summed E-state index contributed by atoms with van der Waals surface area (Å²) in [7, 11) is 1.62. The van der Waals surface area contributed by atoms with Gasteiger partial charge in [-0.25, -0.2) is 4.39 Å². The number of benzene rings is 3. The second kappa shape index (κ2) is 7.95. The lowest BCUT2D eigenvalue weighted by Crippen LogP contribution is -2.18. The largest absolute Gasteiger partial charge is 0.497 e. The number of nitrogens with one attached hydrogen (secondary N) is 1. The molecule has 0 saturated carbocycles. The van der Waals surface area contributed by atoms with E-state index in [9.17, 15) is 4.39 Å². The molecule has 0 aliphatic heterocycles. The van der Waals surface area contributed by atoms with Crippen molar-refractivity contribution in [2.24, 2.45) is 0 Å². The topological polar surface area (TPSA) is 21.3 Å². The number of methoxy groups -OCH3 is 1. The van der Waals surface area contributed by atoms with Gasteiger partial charge in [-0.3, -0.25) is 0 Å². The lowest BCUT2D eigenvalue weighted by molar-refractivity contribution is 0.415. The fraction of sp³-hybridized carbons (Fsp3) is 0.182. The molecule has 0 amide bonds. The van der Waals surface area contributed by atoms with Gasteiger partial charge in [-0.15, -0.1) is 0 Å². The molecule has 0 aliphatic carbocycles. The molecule has 0 radical (unpaired) electrons. The summed E-state index contributed by atoms with van der Waals surface area (Å²) in [5.74, 6) is 0.545. The van der Waals surface area contributed by atoms with Gasteiger partial charge in [-0.2, -0.15) is 0 Å². The van der Waals surface area contributed by atoms with E-state index >= 15 is 0 Å². The van der Waals surface area contributed by atoms with Crippen LogP contribution < -0.4 is 10.1 Å². The van der Waals surface area contributed by atoms with Crippen molar-refractivity contribution in [3.8, 4) is 16.9 Å². The van der Waals surface area contributed by atoms with Crippen LogP contribution in [-0.4, -0.2) is 7.11 Å². The zero-order valence-corrected chi connectivity index (χ0v) is 14.5. The van der Waals surface area contributed by atoms with Crippen LogP contribution in [0.1, 0.15) is 24.1 Å². The Morgan fingerprint density at radius 3 is 2.36 bits per heavy atom. The SMILES string of the molecule is COc1ccc(-c2cc(CNC(C)c3ccccc3)ccc2F)cc1. The molecule has 3 rings (SSSR count). The first kappa shape index (κ1) is 17.2. The Morgan fingerprint density at radius 1 is 0.960 bits per heavy atom. The smallest absolute Gasteiger partial charge is 0.131 e. The summed E-state index contributed by atoms with van der Waals surface area (Å²) < 4.78 is 19.4. The van der Waals surface area contributed by atoms with Crippen molar-refractivity contribution in [3.63, 3.8) is 0 Å². The molecular weight excluding hydrogens is 313 g/mol. The van der Waals surface area contributed by atoms with Gasteiger partial charge in [0.25, 0.3) is 0 Å². The van der Waals surface area contributed by atoms with E-state index in [0.29, 0.717) is 12.1 Å². The van der Waals surface area contributed by atoms with Crippen LogP contribution in [0, 0.1) is 5.82 Å². The summed E-state index contributed by atoms with van der Waals surface area (Å²) in [5, 5.41) is 3.49. The number of halogens is 1. The quantitative estimate of drug-likeness (QED) is 0.655. The van der Waals surface area contributed by atoms with Gasteiger partial charge in [0.2, 0.25) is 0 Å². The summed E-state index contributed by atoms with van der Waals surface area (Å²) in [6.07, 6.45) is 0. The molecule has 0 aromatic heterocycles. The van der Waals surface area contributed by atoms with Gasteiger partial charge in [-0.1, -0.05) is 48.5 Å². The second-order valence-electron chi connectivity index (χ2n) is 6.06. The van der Waals surface area contributed by atoms with Gasteiger partial charge < -0.3 is 10.1 Å². The third kappa shape index (κ3) is 4.25. The minimum Gasteiger partial charge on any atom is -0.497 e. The Morgan fingerprint density at radius 2 is 1.68 bits per heavy atom. The molecule has 25 heavy (non-hydrogen) atoms. The van der Waals surface area contributed by atoms with E-state index in [1.165, 1.54) is 11.6 Å². The van der Waals surface area contributed by atoms with E-state index in [4.69, 9.17) is 4.74 Å². The lowest BCUT2D eigenvalue weighted by atomic mass is 10.0. The number of ether oxygens (including phenoxy) is 1. The van der Waals surface area contributed by atoms with Gasteiger partial charge in [0.15, 0.2) is 0 Å². The number of hydrogen-bond donors (Lipinski definition) is 1. The van der Waals surface area contributed by atoms with Crippen molar-refractivity contribution in [1.82, 2.24) is 5.32 Å². The number of hydrogen-bond acceptors (Lipinski definition) is 2. The molecule has 3 aromatic rings. The average Bonchev–Trinajstić information content (AvgIpc) is 2.68. The monoisotopic (exact) mass is 335 g/mol. The molecule has 0 saturated heterocycles. The average molecular weight is 335 g/mol. The Bertz CT molecular complexity index is 815. The summed E-state index contributed by atoms with van der Waals surface area (Å²) in [6, 6.07) is 23.2. The van der Waals surface area contributed by atoms with E-state index in [2.05, 4.69) is 24.4 Å². The fourth-order valence-corrected chi connectivity index (χ4v) is 2.80. The molecule has 1 atom stereocenters. The third-order valence-electron chi connectivity index (χ3n) is 4.34. The van der Waals surface area contributed by atoms with Crippen molar-refractivity contribution < 1.29 is 9.13 Å². The predicted molar refractivity (Wildman–Crippen MR) is 100 cm³/mol. The highest BCUT2D eigenvalue weighted by atomic mass is 19.1. The van der Waals surface area contributed by atoms with Crippen LogP contribution >= 0.6 is 0 Å². The molecule has 0 spiro atoms. The lowest BCUT2D eigenvalue weighted by Gasteiger charge is -2.15. The van der Waals surface area contributed by atoms with E-state index in [1.54, 1.807) is 7.11 Å². The van der Waals surface area contributed by atoms with Crippen LogP contribution in [0.2, 0.25) is 0 Å². The second-order valence-corrected chi connectivity index (χ2v) is 6.06. The van der Waals surface area contributed by atoms with Crippen LogP contribution in [0.25, 0.3) is 11.1 Å². The summed E-state index contributed by atoms with van der Waals surface area (Å²) >= 11 is 0. The maximum atomic E-state index is 14.2. The van der Waals surface area contributed by atoms with Crippen LogP contribution in [0.4, 0.5) is 4.39 Å². The van der Waals surface area contributed by atoms with E-state index < -0.39 is 0 Å². The molecule has 3 heteroatoms. The van der Waals surface area contributed by atoms with Gasteiger partial charge in [0.05, 0.1) is 7.11 Å². The molecule has 2 nitrogen and oxygen atoms in total. The summed E-state index contributed by atoms with van der Waals surface area (Å²) in [4.78, 5) is 0. The van der Waals surface area contributed by atoms with Crippen LogP contribution in [-0.2, 0) is 6.54 Å². The van der Waals surface area contributed by atoms with Crippen molar-refractivity contribution >= 4 is 0 Å². The zero-order valence-electron chi connectivity index (χ0n) is 14.5. The minimum absolute atomic E-state index is 0.218. The van der Waals surface area contributed by atoms with Gasteiger partial charge in [0, 0.05) is 18.2 Å². The molecule has 1 unspecified atom stereocenters. The standard InChI is InChI=1S/C22H22FNO/c1-16(18-6-4-3-5-7-18)24-15-17-8-13-22(23)21(14-17)19-9-11-20(25-2)12-10-19/h3-14,16,24H,15H2,1-2H3. The molecule has 3 aromatic carbocycles. The highest BCUT2D eigenvalue weighted by Gasteiger charge is 2.08. The first-order valence-corrected chi connectivity index (χ1v) is 8.38. The molecule has 0 aliphatic rings. The minimum atomic E-state index is -0.218. The van der Waals surface area contributed by atoms with E-state index in [0.717, 1.165) is 16.9 Å². The summed E-state index contributed by atoms with van der Waals surface area (Å²) in [6.45, 7) is 2.81. The highest BCUT2D eigenvalue weighted by Crippen LogP contribution is 2.26. The molecular formula is C22H22FNO. The zero-order chi connectivity index (χ0) is 17.6. The molecule has 0 fully saturated rings. The van der Waals surface area contributed by atoms with Crippen molar-refractivity contribution in [2.45, 2.75) is 19.5 Å². The van der Waals surface area contributed by atoms with Crippen molar-refractivity contribution in [1.29, 1.82) is 0 Å². The van der Waals surface area contributed by atoms with Gasteiger partial charge in [-0.05, 0) is 47.9 Å². The van der Waals surface area contributed by atoms with E-state index in [1.807, 2.05) is 54.6 Å². The predicted octanol–water partition coefficient (Wildman–Crippen LogP) is 5.35. The van der Waals surface area contributed by atoms with Crippen LogP contribution in [0.15, 0.2) is 72.8 Å². The Hall–Kier alpha value is -2.65. The first-order valence-electron chi connectivity index (χ1n) is 8.38. The Kier molecular flexibility index (Phi) is 5.46. The first-order chi connectivity index (χ1) is 12.2. The maximum absolute atomic E-state index is 14.2. The van der Waals surface area contributed by atoms with Crippen LogP contribution in [0.3, 0.4) is 0 Å². The highest BCUT2D eigenvalue weighted by molar-refractivity contribution is 5.65. The Labute approximate surface area is 148 Å². The van der Waals surface area contributed by atoms with Crippen molar-refractivity contribution in [2.75, 3.05) is 7.11 Å². The number of rotatable bonds is 6. The fourth-order valence-electron chi connectivity index (χ4n) is 2.80. The van der Waals surface area contributed by atoms with E-state index in [-0.39, 0.29) is 11.9 Å². The third-order valence-corrected chi connectivity index (χ3v) is 4.34.